The summed E-state index contributed by atoms with van der Waals surface area (Å²) in [6, 6.07) is -5.84. The van der Waals surface area contributed by atoms with Crippen LogP contribution in [0.2, 0.25) is 0 Å². The van der Waals surface area contributed by atoms with Crippen molar-refractivity contribution in [3.8, 4) is 0 Å². The van der Waals surface area contributed by atoms with Crippen molar-refractivity contribution in [2.75, 3.05) is 6.61 Å². The van der Waals surface area contributed by atoms with E-state index in [4.69, 9.17) is 26.2 Å². The van der Waals surface area contributed by atoms with E-state index < -0.39 is 85.2 Å². The molecule has 0 radical (unpaired) electrons. The maximum absolute atomic E-state index is 12.6. The molecule has 0 saturated heterocycles. The van der Waals surface area contributed by atoms with E-state index in [2.05, 4.69) is 10.6 Å². The first-order valence-corrected chi connectivity index (χ1v) is 9.24. The van der Waals surface area contributed by atoms with Gasteiger partial charge in [0.2, 0.25) is 17.7 Å². The summed E-state index contributed by atoms with van der Waals surface area (Å²) in [5.41, 5.74) is 5.36. The van der Waals surface area contributed by atoms with Crippen LogP contribution in [0.3, 0.4) is 0 Å². The minimum atomic E-state index is -1.74. The van der Waals surface area contributed by atoms with Gasteiger partial charge in [-0.2, -0.15) is 0 Å². The standard InChI is InChI=1S/C17H28N4O10/c1-7(2)13(16(29)20-10(17(30)31)5-12(25)26)21-15(28)9(3-4-11(23)24)19-14(27)8(18)6-22/h7-10,13,22H,3-6,18H2,1-2H3,(H,19,27)(H,20,29)(H,21,28)(H,23,24)(H,25,26)(H,30,31). The van der Waals surface area contributed by atoms with E-state index in [1.54, 1.807) is 0 Å². The molecule has 0 bridgehead atoms. The van der Waals surface area contributed by atoms with Crippen molar-refractivity contribution in [3.63, 3.8) is 0 Å². The first-order chi connectivity index (χ1) is 14.3. The normalized spacial score (nSPS) is 14.6. The van der Waals surface area contributed by atoms with Gasteiger partial charge in [-0.1, -0.05) is 13.8 Å². The average Bonchev–Trinajstić information content (AvgIpc) is 2.66. The summed E-state index contributed by atoms with van der Waals surface area (Å²) in [6.45, 7) is 2.31. The second-order valence-electron chi connectivity index (χ2n) is 7.01. The summed E-state index contributed by atoms with van der Waals surface area (Å²) < 4.78 is 0. The Bertz CT molecular complexity index is 696. The third-order valence-electron chi connectivity index (χ3n) is 4.05. The van der Waals surface area contributed by atoms with Gasteiger partial charge in [-0.15, -0.1) is 0 Å². The lowest BCUT2D eigenvalue weighted by Gasteiger charge is -2.26. The fraction of sp³-hybridized carbons (Fsp3) is 0.647. The summed E-state index contributed by atoms with van der Waals surface area (Å²) in [5, 5.41) is 42.1. The van der Waals surface area contributed by atoms with Crippen LogP contribution >= 0.6 is 0 Å². The number of carbonyl (C=O) groups excluding carboxylic acids is 3. The van der Waals surface area contributed by atoms with Crippen LogP contribution in [0.1, 0.15) is 33.1 Å². The number of hydrogen-bond donors (Lipinski definition) is 8. The van der Waals surface area contributed by atoms with Gasteiger partial charge in [-0.3, -0.25) is 24.0 Å². The van der Waals surface area contributed by atoms with Crippen molar-refractivity contribution in [1.29, 1.82) is 0 Å². The van der Waals surface area contributed by atoms with Crippen LogP contribution in [0.25, 0.3) is 0 Å². The summed E-state index contributed by atoms with van der Waals surface area (Å²) in [5.74, 6) is -7.74. The van der Waals surface area contributed by atoms with Crippen molar-refractivity contribution >= 4 is 35.6 Å². The molecule has 0 aromatic carbocycles. The lowest BCUT2D eigenvalue weighted by atomic mass is 10.0. The molecule has 176 valence electrons. The molecule has 0 aliphatic heterocycles. The zero-order valence-electron chi connectivity index (χ0n) is 17.0. The minimum absolute atomic E-state index is 0.353. The predicted molar refractivity (Wildman–Crippen MR) is 102 cm³/mol. The average molecular weight is 448 g/mol. The Labute approximate surface area is 177 Å². The highest BCUT2D eigenvalue weighted by atomic mass is 16.4. The molecule has 0 aliphatic rings. The number of amides is 3. The highest BCUT2D eigenvalue weighted by molar-refractivity contribution is 5.94. The van der Waals surface area contributed by atoms with Crippen LogP contribution < -0.4 is 21.7 Å². The molecule has 9 N–H and O–H groups in total. The Balaban J connectivity index is 5.45. The predicted octanol–water partition coefficient (Wildman–Crippen LogP) is -3.16. The molecule has 0 aliphatic carbocycles. The molecule has 0 spiro atoms. The Morgan fingerprint density at radius 1 is 0.806 bits per heavy atom. The maximum atomic E-state index is 12.6. The monoisotopic (exact) mass is 448 g/mol. The number of nitrogens with two attached hydrogens (primary N) is 1. The van der Waals surface area contributed by atoms with Crippen molar-refractivity contribution in [1.82, 2.24) is 16.0 Å². The number of rotatable bonds is 14. The fourth-order valence-corrected chi connectivity index (χ4v) is 2.32. The molecule has 4 atom stereocenters. The third-order valence-corrected chi connectivity index (χ3v) is 4.05. The number of aliphatic hydroxyl groups excluding tert-OH is 1. The van der Waals surface area contributed by atoms with E-state index in [0.29, 0.717) is 0 Å². The van der Waals surface area contributed by atoms with Gasteiger partial charge in [0.25, 0.3) is 0 Å². The van der Waals surface area contributed by atoms with Gasteiger partial charge in [0, 0.05) is 6.42 Å². The quantitative estimate of drug-likeness (QED) is 0.132. The molecule has 31 heavy (non-hydrogen) atoms. The zero-order chi connectivity index (χ0) is 24.3. The van der Waals surface area contributed by atoms with Crippen LogP contribution in [0.4, 0.5) is 0 Å². The van der Waals surface area contributed by atoms with Gasteiger partial charge in [0.05, 0.1) is 13.0 Å². The molecule has 14 nitrogen and oxygen atoms in total. The van der Waals surface area contributed by atoms with Gasteiger partial charge in [0.1, 0.15) is 24.2 Å². The van der Waals surface area contributed by atoms with Crippen LogP contribution in [0.5, 0.6) is 0 Å². The highest BCUT2D eigenvalue weighted by Gasteiger charge is 2.32. The third kappa shape index (κ3) is 10.4. The largest absolute Gasteiger partial charge is 0.481 e. The van der Waals surface area contributed by atoms with E-state index >= 15 is 0 Å². The molecule has 0 saturated carbocycles. The molecule has 3 amide bonds. The van der Waals surface area contributed by atoms with Crippen molar-refractivity contribution in [3.05, 3.63) is 0 Å². The van der Waals surface area contributed by atoms with E-state index in [-0.39, 0.29) is 6.42 Å². The molecule has 4 unspecified atom stereocenters. The molecule has 0 aromatic heterocycles. The van der Waals surface area contributed by atoms with Gasteiger partial charge in [-0.25, -0.2) is 4.79 Å². The fourth-order valence-electron chi connectivity index (χ4n) is 2.32. The van der Waals surface area contributed by atoms with Crippen LogP contribution in [0.15, 0.2) is 0 Å². The van der Waals surface area contributed by atoms with Crippen molar-refractivity contribution in [2.45, 2.75) is 57.3 Å². The first-order valence-electron chi connectivity index (χ1n) is 9.24. The van der Waals surface area contributed by atoms with Crippen LogP contribution in [-0.2, 0) is 28.8 Å². The second kappa shape index (κ2) is 13.1. The second-order valence-corrected chi connectivity index (χ2v) is 7.01. The molecular formula is C17H28N4O10. The number of carboxylic acids is 3. The van der Waals surface area contributed by atoms with E-state index in [9.17, 15) is 28.8 Å². The summed E-state index contributed by atoms with van der Waals surface area (Å²) in [6.07, 6.45) is -1.75. The van der Waals surface area contributed by atoms with Gasteiger partial charge >= 0.3 is 17.9 Å². The molecule has 0 fully saturated rings. The van der Waals surface area contributed by atoms with Crippen LogP contribution in [-0.4, -0.2) is 86.8 Å². The lowest BCUT2D eigenvalue weighted by Crippen LogP contribution is -2.58. The van der Waals surface area contributed by atoms with Crippen molar-refractivity contribution in [2.24, 2.45) is 11.7 Å². The number of carbonyl (C=O) groups is 6. The summed E-state index contributed by atoms with van der Waals surface area (Å²) in [7, 11) is 0. The zero-order valence-corrected chi connectivity index (χ0v) is 17.0. The topological polar surface area (TPSA) is 245 Å². The Morgan fingerprint density at radius 2 is 1.35 bits per heavy atom. The molecule has 0 aromatic rings. The molecule has 0 rings (SSSR count). The molecule has 14 heteroatoms. The smallest absolute Gasteiger partial charge is 0.326 e. The van der Waals surface area contributed by atoms with Gasteiger partial charge in [0.15, 0.2) is 0 Å². The minimum Gasteiger partial charge on any atom is -0.481 e. The number of aliphatic carboxylic acids is 3. The lowest BCUT2D eigenvalue weighted by molar-refractivity contribution is -0.147. The summed E-state index contributed by atoms with van der Waals surface area (Å²) >= 11 is 0. The number of nitrogens with one attached hydrogen (secondary N) is 3. The molecule has 0 heterocycles. The SMILES string of the molecule is CC(C)C(NC(=O)C(CCC(=O)O)NC(=O)C(N)CO)C(=O)NC(CC(=O)O)C(=O)O. The van der Waals surface area contributed by atoms with Gasteiger partial charge < -0.3 is 42.1 Å². The van der Waals surface area contributed by atoms with E-state index in [1.165, 1.54) is 13.8 Å². The Morgan fingerprint density at radius 3 is 1.77 bits per heavy atom. The van der Waals surface area contributed by atoms with E-state index in [1.807, 2.05) is 5.32 Å². The number of aliphatic hydroxyl groups is 1. The number of carboxylic acid groups (broad SMARTS) is 3. The number of hydrogen-bond acceptors (Lipinski definition) is 8. The van der Waals surface area contributed by atoms with Gasteiger partial charge in [-0.05, 0) is 12.3 Å². The Kier molecular flexibility index (Phi) is 11.7. The first kappa shape index (κ1) is 27.7. The highest BCUT2D eigenvalue weighted by Crippen LogP contribution is 2.07. The summed E-state index contributed by atoms with van der Waals surface area (Å²) in [4.78, 5) is 69.7. The van der Waals surface area contributed by atoms with Crippen molar-refractivity contribution < 1.29 is 49.2 Å². The Hall–Kier alpha value is -3.26. The van der Waals surface area contributed by atoms with E-state index in [0.717, 1.165) is 0 Å². The maximum Gasteiger partial charge on any atom is 0.326 e. The molecular weight excluding hydrogens is 420 g/mol. The van der Waals surface area contributed by atoms with Crippen LogP contribution in [0, 0.1) is 5.92 Å².